The number of hydroxylamine groups is 2. The van der Waals surface area contributed by atoms with Gasteiger partial charge in [-0.25, -0.2) is 5.06 Å². The maximum atomic E-state index is 13.6. The van der Waals surface area contributed by atoms with Gasteiger partial charge < -0.3 is 10.2 Å². The van der Waals surface area contributed by atoms with Gasteiger partial charge in [-0.05, 0) is 78.4 Å². The molecule has 0 saturated carbocycles. The molecule has 1 aromatic heterocycles. The zero-order valence-electron chi connectivity index (χ0n) is 21.3. The van der Waals surface area contributed by atoms with E-state index in [2.05, 4.69) is 4.98 Å². The molecule has 0 spiro atoms. The Morgan fingerprint density at radius 2 is 1.67 bits per heavy atom. The van der Waals surface area contributed by atoms with Crippen molar-refractivity contribution in [2.75, 3.05) is 7.11 Å². The first-order chi connectivity index (χ1) is 18.8. The molecular formula is C31H24N2O6. The number of nitrogens with zero attached hydrogens (tertiary/aromatic N) is 2. The van der Waals surface area contributed by atoms with Gasteiger partial charge in [0.2, 0.25) is 0 Å². The number of pyridine rings is 1. The lowest BCUT2D eigenvalue weighted by Gasteiger charge is -2.26. The zero-order valence-corrected chi connectivity index (χ0v) is 21.3. The summed E-state index contributed by atoms with van der Waals surface area (Å²) >= 11 is 0. The number of aromatic nitrogens is 1. The van der Waals surface area contributed by atoms with Crippen LogP contribution < -0.4 is 0 Å². The number of fused-ring (bicyclic) bond motifs is 5. The summed E-state index contributed by atoms with van der Waals surface area (Å²) in [6, 6.07) is 10.2. The van der Waals surface area contributed by atoms with E-state index in [4.69, 9.17) is 4.84 Å². The van der Waals surface area contributed by atoms with Gasteiger partial charge in [0.05, 0.1) is 13.7 Å². The van der Waals surface area contributed by atoms with Crippen LogP contribution in [0, 0.1) is 6.92 Å². The van der Waals surface area contributed by atoms with Crippen molar-refractivity contribution in [3.05, 3.63) is 99.9 Å². The number of amides is 1. The molecule has 0 unspecified atom stereocenters. The number of phenols is 2. The minimum atomic E-state index is -0.358. The second kappa shape index (κ2) is 9.18. The van der Waals surface area contributed by atoms with Crippen molar-refractivity contribution >= 4 is 28.2 Å². The van der Waals surface area contributed by atoms with Crippen LogP contribution in [0.4, 0.5) is 0 Å². The lowest BCUT2D eigenvalue weighted by molar-refractivity contribution is -0.102. The third-order valence-corrected chi connectivity index (χ3v) is 7.50. The summed E-state index contributed by atoms with van der Waals surface area (Å²) in [6.07, 6.45) is 6.77. The number of aryl methyl sites for hydroxylation is 2. The molecule has 6 rings (SSSR count). The number of carbonyl (C=O) groups excluding carboxylic acids is 3. The molecule has 0 atom stereocenters. The Balaban J connectivity index is 1.50. The zero-order chi connectivity index (χ0) is 27.4. The lowest BCUT2D eigenvalue weighted by Crippen LogP contribution is -2.30. The molecule has 0 saturated heterocycles. The van der Waals surface area contributed by atoms with E-state index in [1.54, 1.807) is 24.5 Å². The van der Waals surface area contributed by atoms with E-state index in [0.29, 0.717) is 40.5 Å². The predicted molar refractivity (Wildman–Crippen MR) is 144 cm³/mol. The summed E-state index contributed by atoms with van der Waals surface area (Å²) in [6.45, 7) is 2.04. The fraction of sp³-hybridized carbons (Fsp3) is 0.161. The van der Waals surface area contributed by atoms with Crippen molar-refractivity contribution in [1.82, 2.24) is 10.0 Å². The van der Waals surface area contributed by atoms with Crippen LogP contribution in [0.25, 0.3) is 21.9 Å². The summed E-state index contributed by atoms with van der Waals surface area (Å²) in [4.78, 5) is 48.0. The van der Waals surface area contributed by atoms with Gasteiger partial charge in [0.1, 0.15) is 11.5 Å². The number of benzene rings is 3. The van der Waals surface area contributed by atoms with Gasteiger partial charge in [-0.3, -0.25) is 24.2 Å². The first-order valence-electron chi connectivity index (χ1n) is 12.5. The first-order valence-corrected chi connectivity index (χ1v) is 12.5. The van der Waals surface area contributed by atoms with Gasteiger partial charge in [-0.1, -0.05) is 12.1 Å². The lowest BCUT2D eigenvalue weighted by atomic mass is 9.80. The second-order valence-corrected chi connectivity index (χ2v) is 9.77. The minimum absolute atomic E-state index is 0.0513. The van der Waals surface area contributed by atoms with E-state index < -0.39 is 0 Å². The van der Waals surface area contributed by atoms with Crippen molar-refractivity contribution in [3.63, 3.8) is 0 Å². The number of allylic oxidation sites excluding steroid dienone is 2. The van der Waals surface area contributed by atoms with Crippen molar-refractivity contribution < 1.29 is 29.4 Å². The normalized spacial score (nSPS) is 13.7. The van der Waals surface area contributed by atoms with Crippen LogP contribution >= 0.6 is 0 Å². The van der Waals surface area contributed by atoms with E-state index in [1.807, 2.05) is 19.1 Å². The number of phenolic OH excluding ortho intramolecular Hbond substituents is 2. The third kappa shape index (κ3) is 3.88. The highest BCUT2D eigenvalue weighted by Gasteiger charge is 2.30. The predicted octanol–water partition coefficient (Wildman–Crippen LogP) is 4.86. The Labute approximate surface area is 223 Å². The highest BCUT2D eigenvalue weighted by Crippen LogP contribution is 2.50. The highest BCUT2D eigenvalue weighted by atomic mass is 16.7. The van der Waals surface area contributed by atoms with Crippen LogP contribution in [0.1, 0.15) is 53.3 Å². The molecular weight excluding hydrogens is 496 g/mol. The van der Waals surface area contributed by atoms with Crippen LogP contribution in [0.2, 0.25) is 0 Å². The molecule has 8 nitrogen and oxygen atoms in total. The number of hydrogen-bond donors (Lipinski definition) is 2. The molecule has 2 N–H and O–H groups in total. The Hall–Kier alpha value is -4.82. The maximum Gasteiger partial charge on any atom is 0.278 e. The molecule has 39 heavy (non-hydrogen) atoms. The average Bonchev–Trinajstić information content (AvgIpc) is 2.95. The summed E-state index contributed by atoms with van der Waals surface area (Å²) in [5, 5.41) is 24.6. The molecule has 3 aromatic carbocycles. The maximum absolute atomic E-state index is 13.6. The standard InChI is InChI=1S/C31H24N2O6/c1-16-10-18-5-6-19-28(21(18)11-20(16)31(38)33(39-2)15-17-4-3-9-32-14-17)30(37)25-13-23-22(12-24(25)29(19)36)26(34)7-8-27(23)35/h3-4,7-14,36-37H,5-6,15H2,1-2H3. The number of ketones is 2. The van der Waals surface area contributed by atoms with Crippen LogP contribution in [-0.2, 0) is 24.2 Å². The summed E-state index contributed by atoms with van der Waals surface area (Å²) in [5.74, 6) is -1.20. The van der Waals surface area contributed by atoms with Crippen LogP contribution in [-0.4, -0.2) is 44.8 Å². The van der Waals surface area contributed by atoms with Gasteiger partial charge in [0.25, 0.3) is 5.91 Å². The van der Waals surface area contributed by atoms with Crippen LogP contribution in [0.15, 0.2) is 60.9 Å². The SMILES string of the molecule is CON(Cc1cccnc1)C(=O)c1cc2c(cc1C)CCc1c-2c(O)c2cc3c(cc2c1O)C(=O)C=CC3=O. The molecule has 194 valence electrons. The number of rotatable bonds is 4. The Bertz CT molecular complexity index is 1760. The van der Waals surface area contributed by atoms with Crippen molar-refractivity contribution in [2.24, 2.45) is 0 Å². The van der Waals surface area contributed by atoms with E-state index in [0.717, 1.165) is 16.7 Å². The molecule has 0 radical (unpaired) electrons. The van der Waals surface area contributed by atoms with Gasteiger partial charge >= 0.3 is 0 Å². The summed E-state index contributed by atoms with van der Waals surface area (Å²) < 4.78 is 0. The van der Waals surface area contributed by atoms with E-state index >= 15 is 0 Å². The molecule has 8 heteroatoms. The molecule has 2 aliphatic carbocycles. The van der Waals surface area contributed by atoms with Gasteiger partial charge in [-0.15, -0.1) is 0 Å². The molecule has 1 amide bonds. The Morgan fingerprint density at radius 3 is 2.31 bits per heavy atom. The summed E-state index contributed by atoms with van der Waals surface area (Å²) in [7, 11) is 1.43. The minimum Gasteiger partial charge on any atom is -0.507 e. The highest BCUT2D eigenvalue weighted by molar-refractivity contribution is 6.24. The van der Waals surface area contributed by atoms with Crippen LogP contribution in [0.5, 0.6) is 11.5 Å². The first kappa shape index (κ1) is 24.5. The monoisotopic (exact) mass is 520 g/mol. The number of carbonyl (C=O) groups is 3. The van der Waals surface area contributed by atoms with E-state index in [-0.39, 0.29) is 52.0 Å². The Kier molecular flexibility index (Phi) is 5.77. The molecule has 2 aliphatic rings. The molecule has 4 aromatic rings. The fourth-order valence-corrected chi connectivity index (χ4v) is 5.53. The number of hydrogen-bond acceptors (Lipinski definition) is 7. The van der Waals surface area contributed by atoms with E-state index in [9.17, 15) is 24.6 Å². The smallest absolute Gasteiger partial charge is 0.278 e. The Morgan fingerprint density at radius 1 is 0.974 bits per heavy atom. The van der Waals surface area contributed by atoms with Gasteiger partial charge in [0, 0.05) is 51.0 Å². The molecule has 0 aliphatic heterocycles. The largest absolute Gasteiger partial charge is 0.507 e. The molecule has 0 fully saturated rings. The van der Waals surface area contributed by atoms with Crippen molar-refractivity contribution in [3.8, 4) is 22.6 Å². The molecule has 0 bridgehead atoms. The fourth-order valence-electron chi connectivity index (χ4n) is 5.53. The van der Waals surface area contributed by atoms with Crippen LogP contribution in [0.3, 0.4) is 0 Å². The molecule has 1 heterocycles. The van der Waals surface area contributed by atoms with Crippen molar-refractivity contribution in [1.29, 1.82) is 0 Å². The second-order valence-electron chi connectivity index (χ2n) is 9.77. The van der Waals surface area contributed by atoms with Gasteiger partial charge in [0.15, 0.2) is 11.6 Å². The summed E-state index contributed by atoms with van der Waals surface area (Å²) in [5.41, 5.74) is 4.80. The van der Waals surface area contributed by atoms with E-state index in [1.165, 1.54) is 36.5 Å². The topological polar surface area (TPSA) is 117 Å². The number of aromatic hydroxyl groups is 2. The third-order valence-electron chi connectivity index (χ3n) is 7.50. The quantitative estimate of drug-likeness (QED) is 0.292. The average molecular weight is 521 g/mol. The van der Waals surface area contributed by atoms with Crippen molar-refractivity contribution in [2.45, 2.75) is 26.3 Å². The van der Waals surface area contributed by atoms with Gasteiger partial charge in [-0.2, -0.15) is 0 Å².